The van der Waals surface area contributed by atoms with Crippen molar-refractivity contribution in [1.82, 2.24) is 4.98 Å². The maximum Gasteiger partial charge on any atom is 0.0834 e. The molecule has 3 heteroatoms. The van der Waals surface area contributed by atoms with Gasteiger partial charge >= 0.3 is 0 Å². The van der Waals surface area contributed by atoms with Crippen molar-refractivity contribution in [1.29, 1.82) is 0 Å². The lowest BCUT2D eigenvalue weighted by Gasteiger charge is -2.08. The normalized spacial score (nSPS) is 22.0. The Bertz CT molecular complexity index is 244. The fraction of sp³-hybridized carbons (Fsp3) is 0.500. The van der Waals surface area contributed by atoms with Crippen LogP contribution in [0.15, 0.2) is 24.5 Å². The highest BCUT2D eigenvalue weighted by Gasteiger charge is 2.15. The molecule has 1 aromatic rings. The van der Waals surface area contributed by atoms with Crippen LogP contribution in [0, 0.1) is 0 Å². The summed E-state index contributed by atoms with van der Waals surface area (Å²) >= 11 is 0. The summed E-state index contributed by atoms with van der Waals surface area (Å²) in [5, 5.41) is 0. The van der Waals surface area contributed by atoms with E-state index < -0.39 is 0 Å². The van der Waals surface area contributed by atoms with Crippen LogP contribution in [-0.4, -0.2) is 24.3 Å². The van der Waals surface area contributed by atoms with Crippen LogP contribution in [0.1, 0.15) is 12.0 Å². The first-order valence-electron chi connectivity index (χ1n) is 4.53. The summed E-state index contributed by atoms with van der Waals surface area (Å²) in [7, 11) is 0. The van der Waals surface area contributed by atoms with Crippen molar-refractivity contribution >= 4 is 0 Å². The zero-order chi connectivity index (χ0) is 8.93. The highest BCUT2D eigenvalue weighted by Crippen LogP contribution is 2.10. The van der Waals surface area contributed by atoms with Gasteiger partial charge in [0.1, 0.15) is 0 Å². The maximum absolute atomic E-state index is 5.64. The number of nitrogens with zero attached hydrogens (tertiary/aromatic N) is 1. The lowest BCUT2D eigenvalue weighted by atomic mass is 10.3. The summed E-state index contributed by atoms with van der Waals surface area (Å²) in [6, 6.07) is 3.94. The molecule has 1 fully saturated rings. The molecule has 1 saturated heterocycles. The van der Waals surface area contributed by atoms with Gasteiger partial charge in [-0.1, -0.05) is 0 Å². The zero-order valence-electron chi connectivity index (χ0n) is 7.48. The minimum Gasteiger partial charge on any atom is -0.379 e. The summed E-state index contributed by atoms with van der Waals surface area (Å²) in [5.41, 5.74) is 1.17. The van der Waals surface area contributed by atoms with Gasteiger partial charge in [0, 0.05) is 19.0 Å². The van der Waals surface area contributed by atoms with Gasteiger partial charge in [0.15, 0.2) is 0 Å². The van der Waals surface area contributed by atoms with E-state index in [0.717, 1.165) is 19.6 Å². The van der Waals surface area contributed by atoms with Crippen LogP contribution in [0.5, 0.6) is 0 Å². The van der Waals surface area contributed by atoms with E-state index in [1.807, 2.05) is 12.1 Å². The fourth-order valence-electron chi connectivity index (χ4n) is 1.34. The van der Waals surface area contributed by atoms with E-state index in [1.54, 1.807) is 12.4 Å². The van der Waals surface area contributed by atoms with Crippen LogP contribution >= 0.6 is 0 Å². The summed E-state index contributed by atoms with van der Waals surface area (Å²) in [6.45, 7) is 2.24. The third-order valence-electron chi connectivity index (χ3n) is 2.12. The van der Waals surface area contributed by atoms with E-state index in [2.05, 4.69) is 4.98 Å². The number of hydrogen-bond donors (Lipinski definition) is 0. The third-order valence-corrected chi connectivity index (χ3v) is 2.12. The van der Waals surface area contributed by atoms with E-state index in [-0.39, 0.29) is 6.10 Å². The smallest absolute Gasteiger partial charge is 0.0834 e. The van der Waals surface area contributed by atoms with Gasteiger partial charge in [-0.3, -0.25) is 4.98 Å². The lowest BCUT2D eigenvalue weighted by Crippen LogP contribution is -2.11. The average molecular weight is 179 g/mol. The van der Waals surface area contributed by atoms with Crippen LogP contribution in [0.4, 0.5) is 0 Å². The van der Waals surface area contributed by atoms with Crippen molar-refractivity contribution < 1.29 is 9.47 Å². The van der Waals surface area contributed by atoms with Crippen molar-refractivity contribution in [3.8, 4) is 0 Å². The number of ether oxygens (including phenoxy) is 2. The van der Waals surface area contributed by atoms with Crippen molar-refractivity contribution in [2.45, 2.75) is 19.1 Å². The van der Waals surface area contributed by atoms with Gasteiger partial charge in [0.05, 0.1) is 19.3 Å². The molecule has 1 atom stereocenters. The molecular weight excluding hydrogens is 166 g/mol. The third kappa shape index (κ3) is 2.50. The van der Waals surface area contributed by atoms with Gasteiger partial charge in [-0.25, -0.2) is 0 Å². The molecule has 0 radical (unpaired) electrons. The van der Waals surface area contributed by atoms with Gasteiger partial charge in [-0.15, -0.1) is 0 Å². The molecule has 1 aliphatic rings. The molecule has 0 bridgehead atoms. The van der Waals surface area contributed by atoms with Crippen LogP contribution in [-0.2, 0) is 16.1 Å². The molecule has 2 heterocycles. The average Bonchev–Trinajstić information content (AvgIpc) is 2.69. The van der Waals surface area contributed by atoms with Gasteiger partial charge in [0.25, 0.3) is 0 Å². The van der Waals surface area contributed by atoms with Gasteiger partial charge in [-0.2, -0.15) is 0 Å². The van der Waals surface area contributed by atoms with Crippen LogP contribution < -0.4 is 0 Å². The molecule has 0 aromatic carbocycles. The van der Waals surface area contributed by atoms with E-state index in [0.29, 0.717) is 6.61 Å². The maximum atomic E-state index is 5.64. The van der Waals surface area contributed by atoms with Crippen LogP contribution in [0.3, 0.4) is 0 Å². The molecule has 1 unspecified atom stereocenters. The molecule has 0 spiro atoms. The molecule has 13 heavy (non-hydrogen) atoms. The van der Waals surface area contributed by atoms with Gasteiger partial charge < -0.3 is 9.47 Å². The molecule has 70 valence electrons. The Hall–Kier alpha value is -0.930. The fourth-order valence-corrected chi connectivity index (χ4v) is 1.34. The Morgan fingerprint density at radius 3 is 3.00 bits per heavy atom. The molecule has 1 aliphatic heterocycles. The SMILES string of the molecule is c1cc(COC2CCOC2)ccn1. The highest BCUT2D eigenvalue weighted by molar-refractivity contribution is 5.07. The zero-order valence-corrected chi connectivity index (χ0v) is 7.48. The Morgan fingerprint density at radius 2 is 2.31 bits per heavy atom. The first-order valence-corrected chi connectivity index (χ1v) is 4.53. The minimum atomic E-state index is 0.285. The Kier molecular flexibility index (Phi) is 2.90. The molecule has 0 saturated carbocycles. The molecule has 0 amide bonds. The summed E-state index contributed by atoms with van der Waals surface area (Å²) in [5.74, 6) is 0. The van der Waals surface area contributed by atoms with Crippen molar-refractivity contribution in [3.05, 3.63) is 30.1 Å². The van der Waals surface area contributed by atoms with E-state index in [9.17, 15) is 0 Å². The first kappa shape index (κ1) is 8.66. The second-order valence-corrected chi connectivity index (χ2v) is 3.15. The van der Waals surface area contributed by atoms with Crippen LogP contribution in [0.2, 0.25) is 0 Å². The predicted molar refractivity (Wildman–Crippen MR) is 48.3 cm³/mol. The Morgan fingerprint density at radius 1 is 1.46 bits per heavy atom. The summed E-state index contributed by atoms with van der Waals surface area (Å²) in [4.78, 5) is 3.94. The highest BCUT2D eigenvalue weighted by atomic mass is 16.5. The van der Waals surface area contributed by atoms with Crippen molar-refractivity contribution in [2.75, 3.05) is 13.2 Å². The molecule has 0 aliphatic carbocycles. The number of aromatic nitrogens is 1. The molecule has 3 nitrogen and oxygen atoms in total. The predicted octanol–water partition coefficient (Wildman–Crippen LogP) is 1.39. The molecule has 2 rings (SSSR count). The number of pyridine rings is 1. The van der Waals surface area contributed by atoms with Crippen molar-refractivity contribution in [2.24, 2.45) is 0 Å². The second kappa shape index (κ2) is 4.35. The standard InChI is InChI=1S/C10H13NO2/c1-4-11-5-2-9(1)7-13-10-3-6-12-8-10/h1-2,4-5,10H,3,6-8H2. The molecular formula is C10H13NO2. The summed E-state index contributed by atoms with van der Waals surface area (Å²) in [6.07, 6.45) is 4.87. The largest absolute Gasteiger partial charge is 0.379 e. The Labute approximate surface area is 77.7 Å². The van der Waals surface area contributed by atoms with Gasteiger partial charge in [0.2, 0.25) is 0 Å². The summed E-state index contributed by atoms with van der Waals surface area (Å²) < 4.78 is 10.8. The second-order valence-electron chi connectivity index (χ2n) is 3.15. The molecule has 1 aromatic heterocycles. The van der Waals surface area contributed by atoms with Crippen LogP contribution in [0.25, 0.3) is 0 Å². The quantitative estimate of drug-likeness (QED) is 0.702. The number of hydrogen-bond acceptors (Lipinski definition) is 3. The van der Waals surface area contributed by atoms with Gasteiger partial charge in [-0.05, 0) is 24.1 Å². The minimum absolute atomic E-state index is 0.285. The molecule has 0 N–H and O–H groups in total. The monoisotopic (exact) mass is 179 g/mol. The topological polar surface area (TPSA) is 31.4 Å². The van der Waals surface area contributed by atoms with Crippen molar-refractivity contribution in [3.63, 3.8) is 0 Å². The first-order chi connectivity index (χ1) is 6.45. The Balaban J connectivity index is 1.79. The number of rotatable bonds is 3. The van der Waals surface area contributed by atoms with E-state index in [4.69, 9.17) is 9.47 Å². The van der Waals surface area contributed by atoms with E-state index >= 15 is 0 Å². The lowest BCUT2D eigenvalue weighted by molar-refractivity contribution is 0.0317. The van der Waals surface area contributed by atoms with E-state index in [1.165, 1.54) is 5.56 Å².